The summed E-state index contributed by atoms with van der Waals surface area (Å²) in [5.74, 6) is 0.430. The minimum atomic E-state index is -0.123. The van der Waals surface area contributed by atoms with E-state index < -0.39 is 0 Å². The molecule has 6 nitrogen and oxygen atoms in total. The molecular weight excluding hydrogens is 346 g/mol. The molecule has 0 aliphatic rings. The first-order valence-corrected chi connectivity index (χ1v) is 8.93. The Morgan fingerprint density at radius 1 is 1.15 bits per heavy atom. The predicted octanol–water partition coefficient (Wildman–Crippen LogP) is 3.80. The van der Waals surface area contributed by atoms with Crippen LogP contribution in [0.15, 0.2) is 53.7 Å². The third-order valence-electron chi connectivity index (χ3n) is 4.07. The van der Waals surface area contributed by atoms with Crippen molar-refractivity contribution in [3.8, 4) is 6.07 Å². The van der Waals surface area contributed by atoms with Crippen LogP contribution in [0.4, 0.5) is 0 Å². The summed E-state index contributed by atoms with van der Waals surface area (Å²) < 4.78 is 1.56. The molecule has 0 saturated heterocycles. The Kier molecular flexibility index (Phi) is 4.11. The maximum absolute atomic E-state index is 12.1. The predicted molar refractivity (Wildman–Crippen MR) is 99.8 cm³/mol. The molecule has 0 spiro atoms. The number of benzene rings is 2. The molecule has 0 saturated carbocycles. The van der Waals surface area contributed by atoms with Crippen LogP contribution >= 0.6 is 11.8 Å². The third kappa shape index (κ3) is 2.70. The summed E-state index contributed by atoms with van der Waals surface area (Å²) in [7, 11) is 0. The SMILES string of the molecule is CC(=O)n1c2ccccc2c2nnc(SCc3ccccc3C#N)nc21. The number of nitrogens with zero attached hydrogens (tertiary/aromatic N) is 5. The topological polar surface area (TPSA) is 84.5 Å². The zero-order valence-electron chi connectivity index (χ0n) is 13.9. The van der Waals surface area contributed by atoms with E-state index in [4.69, 9.17) is 0 Å². The summed E-state index contributed by atoms with van der Waals surface area (Å²) in [5.41, 5.74) is 3.43. The molecule has 7 heteroatoms. The van der Waals surface area contributed by atoms with E-state index in [2.05, 4.69) is 21.3 Å². The Balaban J connectivity index is 1.76. The number of thioether (sulfide) groups is 1. The number of carbonyl (C=O) groups excluding carboxylic acids is 1. The Morgan fingerprint density at radius 3 is 2.73 bits per heavy atom. The van der Waals surface area contributed by atoms with Gasteiger partial charge in [-0.05, 0) is 17.7 Å². The van der Waals surface area contributed by atoms with Gasteiger partial charge in [0.1, 0.15) is 5.52 Å². The number of para-hydroxylation sites is 1. The van der Waals surface area contributed by atoms with Gasteiger partial charge in [-0.2, -0.15) is 5.26 Å². The van der Waals surface area contributed by atoms with Crippen LogP contribution in [0.5, 0.6) is 0 Å². The number of aromatic nitrogens is 4. The van der Waals surface area contributed by atoms with Crippen LogP contribution in [-0.2, 0) is 5.75 Å². The standard InChI is InChI=1S/C19H13N5OS/c1-12(25)24-16-9-5-4-8-15(16)17-18(24)21-19(23-22-17)26-11-14-7-3-2-6-13(14)10-20/h2-9H,11H2,1H3. The normalized spacial score (nSPS) is 10.9. The van der Waals surface area contributed by atoms with Gasteiger partial charge in [-0.1, -0.05) is 48.2 Å². The van der Waals surface area contributed by atoms with E-state index in [9.17, 15) is 10.1 Å². The third-order valence-corrected chi connectivity index (χ3v) is 4.96. The molecule has 2 heterocycles. The fraction of sp³-hybridized carbons (Fsp3) is 0.105. The Bertz CT molecular complexity index is 1190. The van der Waals surface area contributed by atoms with E-state index in [0.29, 0.717) is 27.6 Å². The highest BCUT2D eigenvalue weighted by Crippen LogP contribution is 2.28. The summed E-state index contributed by atoms with van der Waals surface area (Å²) in [4.78, 5) is 16.7. The highest BCUT2D eigenvalue weighted by molar-refractivity contribution is 7.98. The highest BCUT2D eigenvalue weighted by Gasteiger charge is 2.17. The van der Waals surface area contributed by atoms with Crippen molar-refractivity contribution in [2.24, 2.45) is 0 Å². The number of hydrogen-bond donors (Lipinski definition) is 0. The van der Waals surface area contributed by atoms with Crippen molar-refractivity contribution in [3.05, 3.63) is 59.7 Å². The maximum atomic E-state index is 12.1. The molecule has 0 N–H and O–H groups in total. The maximum Gasteiger partial charge on any atom is 0.229 e. The molecule has 0 fully saturated rings. The average Bonchev–Trinajstić information content (AvgIpc) is 3.00. The lowest BCUT2D eigenvalue weighted by Gasteiger charge is -2.03. The van der Waals surface area contributed by atoms with E-state index >= 15 is 0 Å². The Hall–Kier alpha value is -3.24. The molecule has 0 aliphatic heterocycles. The molecule has 126 valence electrons. The van der Waals surface area contributed by atoms with Crippen molar-refractivity contribution in [2.45, 2.75) is 17.8 Å². The van der Waals surface area contributed by atoms with Gasteiger partial charge >= 0.3 is 0 Å². The molecule has 0 radical (unpaired) electrons. The van der Waals surface area contributed by atoms with Gasteiger partial charge in [0.25, 0.3) is 0 Å². The first kappa shape index (κ1) is 16.2. The van der Waals surface area contributed by atoms with Gasteiger partial charge in [0.15, 0.2) is 5.65 Å². The first-order chi connectivity index (χ1) is 12.7. The lowest BCUT2D eigenvalue weighted by Crippen LogP contribution is -2.06. The van der Waals surface area contributed by atoms with Crippen LogP contribution < -0.4 is 0 Å². The molecule has 0 unspecified atom stereocenters. The molecule has 0 amide bonds. The lowest BCUT2D eigenvalue weighted by atomic mass is 10.1. The zero-order valence-corrected chi connectivity index (χ0v) is 14.7. The van der Waals surface area contributed by atoms with Crippen molar-refractivity contribution in [1.29, 1.82) is 5.26 Å². The van der Waals surface area contributed by atoms with Gasteiger partial charge in [0.05, 0.1) is 17.1 Å². The number of carbonyl (C=O) groups is 1. The van der Waals surface area contributed by atoms with Crippen molar-refractivity contribution in [1.82, 2.24) is 19.7 Å². The number of nitriles is 1. The van der Waals surface area contributed by atoms with E-state index in [1.807, 2.05) is 42.5 Å². The van der Waals surface area contributed by atoms with Gasteiger partial charge in [0, 0.05) is 18.1 Å². The Morgan fingerprint density at radius 2 is 1.92 bits per heavy atom. The summed E-state index contributed by atoms with van der Waals surface area (Å²) in [6, 6.07) is 17.2. The van der Waals surface area contributed by atoms with E-state index in [1.165, 1.54) is 18.7 Å². The fourth-order valence-electron chi connectivity index (χ4n) is 2.89. The molecule has 26 heavy (non-hydrogen) atoms. The van der Waals surface area contributed by atoms with Gasteiger partial charge in [-0.3, -0.25) is 9.36 Å². The zero-order chi connectivity index (χ0) is 18.1. The summed E-state index contributed by atoms with van der Waals surface area (Å²) in [6.45, 7) is 1.50. The minimum absolute atomic E-state index is 0.123. The van der Waals surface area contributed by atoms with Crippen molar-refractivity contribution in [3.63, 3.8) is 0 Å². The minimum Gasteiger partial charge on any atom is -0.274 e. The largest absolute Gasteiger partial charge is 0.274 e. The number of fused-ring (bicyclic) bond motifs is 3. The van der Waals surface area contributed by atoms with Gasteiger partial charge in [-0.15, -0.1) is 10.2 Å². The highest BCUT2D eigenvalue weighted by atomic mass is 32.2. The number of rotatable bonds is 3. The molecule has 2 aromatic carbocycles. The summed E-state index contributed by atoms with van der Waals surface area (Å²) >= 11 is 1.39. The Labute approximate surface area is 153 Å². The molecule has 0 aliphatic carbocycles. The van der Waals surface area contributed by atoms with Crippen molar-refractivity contribution >= 4 is 39.7 Å². The van der Waals surface area contributed by atoms with Crippen LogP contribution in [0, 0.1) is 11.3 Å². The molecule has 4 rings (SSSR count). The van der Waals surface area contributed by atoms with E-state index in [-0.39, 0.29) is 5.91 Å². The molecule has 0 bridgehead atoms. The second kappa shape index (κ2) is 6.58. The second-order valence-corrected chi connectivity index (χ2v) is 6.64. The van der Waals surface area contributed by atoms with Crippen LogP contribution in [0.25, 0.3) is 22.1 Å². The molecule has 2 aromatic heterocycles. The van der Waals surface area contributed by atoms with Crippen LogP contribution in [0.3, 0.4) is 0 Å². The van der Waals surface area contributed by atoms with Crippen LogP contribution in [-0.4, -0.2) is 25.7 Å². The van der Waals surface area contributed by atoms with Gasteiger partial charge in [0.2, 0.25) is 11.1 Å². The van der Waals surface area contributed by atoms with Gasteiger partial charge in [-0.25, -0.2) is 4.98 Å². The van der Waals surface area contributed by atoms with Gasteiger partial charge < -0.3 is 0 Å². The monoisotopic (exact) mass is 359 g/mol. The van der Waals surface area contributed by atoms with Crippen molar-refractivity contribution < 1.29 is 4.79 Å². The number of hydrogen-bond acceptors (Lipinski definition) is 6. The average molecular weight is 359 g/mol. The summed E-state index contributed by atoms with van der Waals surface area (Å²) in [5, 5.41) is 19.0. The summed E-state index contributed by atoms with van der Waals surface area (Å²) in [6.07, 6.45) is 0. The van der Waals surface area contributed by atoms with Crippen LogP contribution in [0.1, 0.15) is 22.8 Å². The smallest absolute Gasteiger partial charge is 0.229 e. The molecule has 4 aromatic rings. The fourth-order valence-corrected chi connectivity index (χ4v) is 3.68. The van der Waals surface area contributed by atoms with Crippen LogP contribution in [0.2, 0.25) is 0 Å². The van der Waals surface area contributed by atoms with E-state index in [0.717, 1.165) is 16.5 Å². The van der Waals surface area contributed by atoms with E-state index in [1.54, 1.807) is 10.6 Å². The second-order valence-electron chi connectivity index (χ2n) is 5.70. The first-order valence-electron chi connectivity index (χ1n) is 7.94. The lowest BCUT2D eigenvalue weighted by molar-refractivity contribution is 0.0945. The molecular formula is C19H13N5OS. The quantitative estimate of drug-likeness (QED) is 0.517. The molecule has 0 atom stereocenters. The van der Waals surface area contributed by atoms with Crippen molar-refractivity contribution in [2.75, 3.05) is 0 Å².